The molecule has 0 spiro atoms. The van der Waals surface area contributed by atoms with Gasteiger partial charge in [0.15, 0.2) is 5.82 Å². The van der Waals surface area contributed by atoms with Crippen molar-refractivity contribution in [3.8, 4) is 11.3 Å². The third kappa shape index (κ3) is 2.41. The average molecular weight is 337 g/mol. The lowest BCUT2D eigenvalue weighted by Crippen LogP contribution is -2.07. The largest absolute Gasteiger partial charge is 0.478 e. The number of aromatic nitrogens is 4. The summed E-state index contributed by atoms with van der Waals surface area (Å²) in [5.74, 6) is -1.56. The SMILES string of the molecule is Cc1ncc(-c2cc(C(F)(F)F)c3c(N)ncnn23)cc1C(=O)O. The van der Waals surface area contributed by atoms with E-state index in [-0.39, 0.29) is 28.3 Å². The lowest BCUT2D eigenvalue weighted by molar-refractivity contribution is -0.136. The molecule has 0 atom stereocenters. The monoisotopic (exact) mass is 337 g/mol. The van der Waals surface area contributed by atoms with Crippen LogP contribution in [0.25, 0.3) is 16.8 Å². The Morgan fingerprint density at radius 3 is 2.62 bits per heavy atom. The number of carboxylic acid groups (broad SMARTS) is 1. The first-order chi connectivity index (χ1) is 11.2. The molecule has 0 saturated carbocycles. The molecule has 7 nitrogen and oxygen atoms in total. The number of nitrogens with zero attached hydrogens (tertiary/aromatic N) is 4. The predicted octanol–water partition coefficient (Wildman–Crippen LogP) is 2.40. The minimum absolute atomic E-state index is 0.0152. The Bertz CT molecular complexity index is 965. The van der Waals surface area contributed by atoms with Gasteiger partial charge in [-0.05, 0) is 19.1 Å². The van der Waals surface area contributed by atoms with Crippen LogP contribution >= 0.6 is 0 Å². The zero-order valence-corrected chi connectivity index (χ0v) is 12.2. The first-order valence-electron chi connectivity index (χ1n) is 6.60. The highest BCUT2D eigenvalue weighted by Crippen LogP contribution is 2.38. The Hall–Kier alpha value is -3.17. The molecule has 10 heteroatoms. The number of hydrogen-bond acceptors (Lipinski definition) is 5. The van der Waals surface area contributed by atoms with Gasteiger partial charge in [0.1, 0.15) is 11.8 Å². The molecule has 0 fully saturated rings. The highest BCUT2D eigenvalue weighted by atomic mass is 19.4. The van der Waals surface area contributed by atoms with Crippen molar-refractivity contribution in [2.75, 3.05) is 5.73 Å². The highest BCUT2D eigenvalue weighted by molar-refractivity contribution is 5.90. The summed E-state index contributed by atoms with van der Waals surface area (Å²) in [5, 5.41) is 13.0. The molecule has 3 aromatic rings. The lowest BCUT2D eigenvalue weighted by Gasteiger charge is -2.06. The number of alkyl halides is 3. The van der Waals surface area contributed by atoms with Crippen LogP contribution in [0.1, 0.15) is 21.6 Å². The zero-order valence-electron chi connectivity index (χ0n) is 12.2. The van der Waals surface area contributed by atoms with Gasteiger partial charge in [0.05, 0.1) is 22.5 Å². The van der Waals surface area contributed by atoms with Crippen LogP contribution in [0.2, 0.25) is 0 Å². The van der Waals surface area contributed by atoms with Gasteiger partial charge >= 0.3 is 12.1 Å². The van der Waals surface area contributed by atoms with Crippen LogP contribution in [0.15, 0.2) is 24.7 Å². The number of rotatable bonds is 2. The summed E-state index contributed by atoms with van der Waals surface area (Å²) in [6.45, 7) is 1.49. The van der Waals surface area contributed by atoms with Crippen molar-refractivity contribution in [2.45, 2.75) is 13.1 Å². The van der Waals surface area contributed by atoms with E-state index in [4.69, 9.17) is 10.8 Å². The molecule has 0 aromatic carbocycles. The maximum atomic E-state index is 13.3. The molecule has 0 amide bonds. The van der Waals surface area contributed by atoms with E-state index in [1.165, 1.54) is 19.2 Å². The first-order valence-corrected chi connectivity index (χ1v) is 6.60. The molecule has 0 unspecified atom stereocenters. The van der Waals surface area contributed by atoms with Crippen LogP contribution in [0.5, 0.6) is 0 Å². The van der Waals surface area contributed by atoms with Gasteiger partial charge in [0.2, 0.25) is 0 Å². The van der Waals surface area contributed by atoms with E-state index in [9.17, 15) is 18.0 Å². The van der Waals surface area contributed by atoms with Crippen molar-refractivity contribution in [2.24, 2.45) is 0 Å². The average Bonchev–Trinajstić information content (AvgIpc) is 2.88. The molecule has 0 bridgehead atoms. The maximum absolute atomic E-state index is 13.3. The first kappa shape index (κ1) is 15.7. The van der Waals surface area contributed by atoms with Gasteiger partial charge in [-0.3, -0.25) is 4.98 Å². The third-order valence-corrected chi connectivity index (χ3v) is 3.50. The van der Waals surface area contributed by atoms with Crippen LogP contribution in [-0.4, -0.2) is 30.7 Å². The quantitative estimate of drug-likeness (QED) is 0.744. The van der Waals surface area contributed by atoms with Crippen molar-refractivity contribution in [3.63, 3.8) is 0 Å². The number of hydrogen-bond donors (Lipinski definition) is 2. The number of fused-ring (bicyclic) bond motifs is 1. The molecule has 124 valence electrons. The number of nitrogen functional groups attached to an aromatic ring is 1. The lowest BCUT2D eigenvalue weighted by atomic mass is 10.1. The van der Waals surface area contributed by atoms with E-state index < -0.39 is 23.2 Å². The second-order valence-electron chi connectivity index (χ2n) is 5.01. The van der Waals surface area contributed by atoms with Gasteiger partial charge in [-0.25, -0.2) is 14.3 Å². The number of carbonyl (C=O) groups is 1. The van der Waals surface area contributed by atoms with Gasteiger partial charge in [0, 0.05) is 11.8 Å². The number of pyridine rings is 1. The smallest absolute Gasteiger partial charge is 0.418 e. The van der Waals surface area contributed by atoms with E-state index in [0.29, 0.717) is 0 Å². The standard InChI is InChI=1S/C14H10F3N5O2/c1-6-8(13(23)24)2-7(4-19-6)10-3-9(14(15,16)17)11-12(18)20-5-21-22(10)11/h2-5H,1H3,(H,23,24)(H2,18,20,21). The number of anilines is 1. The fourth-order valence-corrected chi connectivity index (χ4v) is 2.38. The Labute approximate surface area is 132 Å². The Kier molecular flexibility index (Phi) is 3.39. The molecule has 0 aliphatic rings. The summed E-state index contributed by atoms with van der Waals surface area (Å²) < 4.78 is 40.8. The van der Waals surface area contributed by atoms with E-state index >= 15 is 0 Å². The van der Waals surface area contributed by atoms with Crippen LogP contribution in [0.4, 0.5) is 19.0 Å². The molecular weight excluding hydrogens is 327 g/mol. The summed E-state index contributed by atoms with van der Waals surface area (Å²) in [4.78, 5) is 18.7. The second kappa shape index (κ2) is 5.18. The molecule has 0 aliphatic carbocycles. The van der Waals surface area contributed by atoms with Gasteiger partial charge in [-0.1, -0.05) is 0 Å². The second-order valence-corrected chi connectivity index (χ2v) is 5.01. The summed E-state index contributed by atoms with van der Waals surface area (Å²) >= 11 is 0. The van der Waals surface area contributed by atoms with Crippen LogP contribution in [-0.2, 0) is 6.18 Å². The van der Waals surface area contributed by atoms with E-state index in [2.05, 4.69) is 15.1 Å². The number of aromatic carboxylic acids is 1. The Morgan fingerprint density at radius 1 is 1.29 bits per heavy atom. The maximum Gasteiger partial charge on any atom is 0.418 e. The molecule has 3 rings (SSSR count). The predicted molar refractivity (Wildman–Crippen MR) is 77.3 cm³/mol. The molecule has 3 aromatic heterocycles. The molecule has 3 N–H and O–H groups in total. The third-order valence-electron chi connectivity index (χ3n) is 3.50. The number of carboxylic acids is 1. The van der Waals surface area contributed by atoms with Crippen molar-refractivity contribution < 1.29 is 23.1 Å². The molecule has 0 radical (unpaired) electrons. The van der Waals surface area contributed by atoms with Gasteiger partial charge in [-0.15, -0.1) is 0 Å². The zero-order chi connectivity index (χ0) is 17.6. The molecule has 24 heavy (non-hydrogen) atoms. The summed E-state index contributed by atoms with van der Waals surface area (Å²) in [6.07, 6.45) is -2.37. The van der Waals surface area contributed by atoms with Gasteiger partial charge in [0.25, 0.3) is 0 Å². The van der Waals surface area contributed by atoms with E-state index in [1.807, 2.05) is 0 Å². The molecule has 0 saturated heterocycles. The van der Waals surface area contributed by atoms with E-state index in [1.54, 1.807) is 0 Å². The molecule has 3 heterocycles. The number of halogens is 3. The molecular formula is C14H10F3N5O2. The summed E-state index contributed by atoms with van der Waals surface area (Å²) in [5.41, 5.74) is 4.49. The van der Waals surface area contributed by atoms with Gasteiger partial charge in [-0.2, -0.15) is 18.3 Å². The van der Waals surface area contributed by atoms with Crippen LogP contribution in [0.3, 0.4) is 0 Å². The normalized spacial score (nSPS) is 11.8. The summed E-state index contributed by atoms with van der Waals surface area (Å²) in [6, 6.07) is 2.09. The Morgan fingerprint density at radius 2 is 2.00 bits per heavy atom. The number of nitrogens with two attached hydrogens (primary N) is 1. The molecule has 0 aliphatic heterocycles. The van der Waals surface area contributed by atoms with Crippen LogP contribution < -0.4 is 5.73 Å². The van der Waals surface area contributed by atoms with Gasteiger partial charge < -0.3 is 10.8 Å². The number of aryl methyl sites for hydroxylation is 1. The minimum Gasteiger partial charge on any atom is -0.478 e. The minimum atomic E-state index is -4.67. The topological polar surface area (TPSA) is 106 Å². The fraction of sp³-hybridized carbons (Fsp3) is 0.143. The van der Waals surface area contributed by atoms with E-state index in [0.717, 1.165) is 16.9 Å². The van der Waals surface area contributed by atoms with Crippen molar-refractivity contribution in [3.05, 3.63) is 41.5 Å². The Balaban J connectivity index is 2.34. The summed E-state index contributed by atoms with van der Waals surface area (Å²) in [7, 11) is 0. The fourth-order valence-electron chi connectivity index (χ4n) is 2.38. The highest BCUT2D eigenvalue weighted by Gasteiger charge is 2.36. The van der Waals surface area contributed by atoms with Crippen molar-refractivity contribution in [1.82, 2.24) is 19.6 Å². The van der Waals surface area contributed by atoms with Crippen molar-refractivity contribution in [1.29, 1.82) is 0 Å². The van der Waals surface area contributed by atoms with Crippen LogP contribution in [0, 0.1) is 6.92 Å². The van der Waals surface area contributed by atoms with Crippen molar-refractivity contribution >= 4 is 17.3 Å².